The minimum atomic E-state index is -4.51. The molecule has 1 aliphatic rings. The van der Waals surface area contributed by atoms with Gasteiger partial charge in [0.05, 0.1) is 33.7 Å². The molecule has 0 aliphatic carbocycles. The van der Waals surface area contributed by atoms with Crippen molar-refractivity contribution in [2.75, 3.05) is 34.3 Å². The third-order valence-corrected chi connectivity index (χ3v) is 7.52. The Balaban J connectivity index is 2.65. The number of carbonyl (C=O) groups excluding carboxylic acids is 1. The highest BCUT2D eigenvalue weighted by molar-refractivity contribution is 7.45. The van der Waals surface area contributed by atoms with E-state index in [1.54, 1.807) is 0 Å². The van der Waals surface area contributed by atoms with Crippen LogP contribution in [-0.4, -0.2) is 57.0 Å². The summed E-state index contributed by atoms with van der Waals surface area (Å²) in [5.41, 5.74) is 0. The molecule has 0 amide bonds. The van der Waals surface area contributed by atoms with Gasteiger partial charge in [0.15, 0.2) is 0 Å². The second-order valence-corrected chi connectivity index (χ2v) is 12.8. The highest BCUT2D eigenvalue weighted by Gasteiger charge is 2.23. The maximum atomic E-state index is 12.6. The number of allylic oxidation sites excluding steroid dienone is 3. The molecule has 216 valence electrons. The van der Waals surface area contributed by atoms with Crippen molar-refractivity contribution in [1.82, 2.24) is 0 Å². The fourth-order valence-corrected chi connectivity index (χ4v) is 5.13. The molecule has 0 N–H and O–H groups in total. The number of quaternary nitrogens is 1. The molecule has 0 radical (unpaired) electrons. The Hall–Kier alpha value is -0.980. The van der Waals surface area contributed by atoms with Crippen LogP contribution in [0.3, 0.4) is 0 Å². The molecule has 0 aromatic heterocycles. The Labute approximate surface area is 226 Å². The van der Waals surface area contributed by atoms with E-state index in [-0.39, 0.29) is 19.1 Å². The lowest BCUT2D eigenvalue weighted by atomic mass is 10.0. The van der Waals surface area contributed by atoms with Gasteiger partial charge in [-0.2, -0.15) is 0 Å². The standard InChI is InChI=1S/C29H54NO6P/c1-27-22-20-18-16-14-12-10-8-6-5-7-9-11-13-15-17-19-21-23-28(26-29(31)35-27)36-37(32,33)34-25-24-30(2,3)4/h10,12,18,20,27-28H,5-9,11,13-17,19,21-26H2,1-4H3/b12-10-,20-18+/t27-,28-/m0/s1. The van der Waals surface area contributed by atoms with Crippen LogP contribution in [0.2, 0.25) is 0 Å². The third-order valence-electron chi connectivity index (χ3n) is 6.46. The zero-order valence-corrected chi connectivity index (χ0v) is 24.9. The van der Waals surface area contributed by atoms with E-state index in [1.807, 2.05) is 34.1 Å². The lowest BCUT2D eigenvalue weighted by Crippen LogP contribution is -2.37. The molecule has 0 fully saturated rings. The molecule has 0 bridgehead atoms. The Kier molecular flexibility index (Phi) is 18.4. The van der Waals surface area contributed by atoms with Crippen LogP contribution in [0.5, 0.6) is 0 Å². The van der Waals surface area contributed by atoms with Crippen LogP contribution in [0.15, 0.2) is 24.3 Å². The molecule has 0 spiro atoms. The number of phosphoric acid groups is 1. The van der Waals surface area contributed by atoms with Crippen LogP contribution in [0.25, 0.3) is 0 Å². The molecule has 0 saturated carbocycles. The van der Waals surface area contributed by atoms with Crippen molar-refractivity contribution in [3.8, 4) is 0 Å². The number of hydrogen-bond donors (Lipinski definition) is 0. The SMILES string of the molecule is C[C@H]1C/C=C/CC/C=C\CCCCCCCCCCCC[C@H](OP(=O)([O-])OCC[N+](C)(C)C)CC(=O)O1. The molecular weight excluding hydrogens is 489 g/mol. The number of rotatable bonds is 6. The molecule has 1 unspecified atom stereocenters. The fraction of sp³-hybridized carbons (Fsp3) is 0.828. The predicted octanol–water partition coefficient (Wildman–Crippen LogP) is 6.86. The van der Waals surface area contributed by atoms with Crippen LogP contribution in [-0.2, 0) is 23.1 Å². The summed E-state index contributed by atoms with van der Waals surface area (Å²) in [5.74, 6) is -0.436. The van der Waals surface area contributed by atoms with Gasteiger partial charge in [0.2, 0.25) is 0 Å². The van der Waals surface area contributed by atoms with E-state index < -0.39 is 19.9 Å². The number of hydrogen-bond acceptors (Lipinski definition) is 6. The first-order chi connectivity index (χ1) is 17.6. The van der Waals surface area contributed by atoms with E-state index in [1.165, 1.54) is 51.4 Å². The minimum Gasteiger partial charge on any atom is -0.756 e. The maximum Gasteiger partial charge on any atom is 0.308 e. The molecule has 0 aromatic carbocycles. The maximum absolute atomic E-state index is 12.6. The van der Waals surface area contributed by atoms with Crippen LogP contribution >= 0.6 is 7.82 Å². The second-order valence-electron chi connectivity index (χ2n) is 11.4. The fourth-order valence-electron chi connectivity index (χ4n) is 4.22. The van der Waals surface area contributed by atoms with Crippen molar-refractivity contribution in [3.63, 3.8) is 0 Å². The van der Waals surface area contributed by atoms with Crippen molar-refractivity contribution in [2.24, 2.45) is 0 Å². The largest absolute Gasteiger partial charge is 0.756 e. The third kappa shape index (κ3) is 21.6. The molecule has 0 saturated heterocycles. The monoisotopic (exact) mass is 543 g/mol. The van der Waals surface area contributed by atoms with Gasteiger partial charge in [-0.15, -0.1) is 0 Å². The highest BCUT2D eigenvalue weighted by atomic mass is 31.2. The van der Waals surface area contributed by atoms with Crippen molar-refractivity contribution in [3.05, 3.63) is 24.3 Å². The Bertz CT molecular complexity index is 703. The first-order valence-electron chi connectivity index (χ1n) is 14.5. The zero-order chi connectivity index (χ0) is 27.4. The summed E-state index contributed by atoms with van der Waals surface area (Å²) >= 11 is 0. The van der Waals surface area contributed by atoms with Crippen molar-refractivity contribution in [2.45, 2.75) is 122 Å². The van der Waals surface area contributed by atoms with Gasteiger partial charge in [-0.3, -0.25) is 9.36 Å². The number of carbonyl (C=O) groups is 1. The number of nitrogens with zero attached hydrogens (tertiary/aromatic N) is 1. The lowest BCUT2D eigenvalue weighted by molar-refractivity contribution is -0.870. The van der Waals surface area contributed by atoms with E-state index in [4.69, 9.17) is 13.8 Å². The summed E-state index contributed by atoms with van der Waals surface area (Å²) in [6.07, 6.45) is 23.7. The highest BCUT2D eigenvalue weighted by Crippen LogP contribution is 2.41. The molecule has 0 aromatic rings. The van der Waals surface area contributed by atoms with Gasteiger partial charge in [0.1, 0.15) is 19.3 Å². The van der Waals surface area contributed by atoms with Crippen LogP contribution in [0.4, 0.5) is 0 Å². The Morgan fingerprint density at radius 2 is 1.43 bits per heavy atom. The van der Waals surface area contributed by atoms with Gasteiger partial charge < -0.3 is 23.2 Å². The van der Waals surface area contributed by atoms with Gasteiger partial charge in [0.25, 0.3) is 7.82 Å². The average Bonchev–Trinajstić information content (AvgIpc) is 2.78. The van der Waals surface area contributed by atoms with E-state index in [0.717, 1.165) is 32.1 Å². The van der Waals surface area contributed by atoms with Crippen LogP contribution in [0.1, 0.15) is 110 Å². The normalized spacial score (nSPS) is 26.8. The van der Waals surface area contributed by atoms with Gasteiger partial charge in [-0.25, -0.2) is 0 Å². The summed E-state index contributed by atoms with van der Waals surface area (Å²) in [6.45, 7) is 2.43. The smallest absolute Gasteiger partial charge is 0.308 e. The first kappa shape index (κ1) is 34.0. The Morgan fingerprint density at radius 1 is 0.892 bits per heavy atom. The molecule has 37 heavy (non-hydrogen) atoms. The summed E-state index contributed by atoms with van der Waals surface area (Å²) in [7, 11) is 1.37. The van der Waals surface area contributed by atoms with Crippen LogP contribution in [0, 0.1) is 0 Å². The number of ether oxygens (including phenoxy) is 1. The summed E-state index contributed by atoms with van der Waals surface area (Å²) in [4.78, 5) is 25.0. The number of cyclic esters (lactones) is 1. The minimum absolute atomic E-state index is 0.0423. The molecule has 8 heteroatoms. The van der Waals surface area contributed by atoms with E-state index in [9.17, 15) is 14.3 Å². The lowest BCUT2D eigenvalue weighted by Gasteiger charge is -2.30. The summed E-state index contributed by atoms with van der Waals surface area (Å²) < 4.78 is 29.0. The quantitative estimate of drug-likeness (QED) is 0.157. The topological polar surface area (TPSA) is 84.9 Å². The molecule has 1 rings (SSSR count). The van der Waals surface area contributed by atoms with E-state index >= 15 is 0 Å². The summed E-state index contributed by atoms with van der Waals surface area (Å²) in [6, 6.07) is 0. The first-order valence-corrected chi connectivity index (χ1v) is 16.0. The van der Waals surface area contributed by atoms with Crippen molar-refractivity contribution >= 4 is 13.8 Å². The molecule has 1 heterocycles. The number of phosphoric ester groups is 1. The zero-order valence-electron chi connectivity index (χ0n) is 24.0. The van der Waals surface area contributed by atoms with E-state index in [0.29, 0.717) is 23.9 Å². The molecular formula is C29H54NO6P. The average molecular weight is 544 g/mol. The Morgan fingerprint density at radius 3 is 2.05 bits per heavy atom. The van der Waals surface area contributed by atoms with Crippen LogP contribution < -0.4 is 4.89 Å². The molecule has 3 atom stereocenters. The van der Waals surface area contributed by atoms with Gasteiger partial charge in [-0.05, 0) is 39.0 Å². The molecule has 7 nitrogen and oxygen atoms in total. The van der Waals surface area contributed by atoms with Gasteiger partial charge in [-0.1, -0.05) is 82.1 Å². The van der Waals surface area contributed by atoms with Gasteiger partial charge in [0, 0.05) is 6.42 Å². The van der Waals surface area contributed by atoms with Crippen molar-refractivity contribution < 1.29 is 32.5 Å². The predicted molar refractivity (Wildman–Crippen MR) is 149 cm³/mol. The number of likely N-dealkylation sites (N-methyl/N-ethyl adjacent to an activating group) is 1. The number of esters is 1. The second kappa shape index (κ2) is 20.0. The molecule has 1 aliphatic heterocycles. The summed E-state index contributed by atoms with van der Waals surface area (Å²) in [5, 5.41) is 0. The van der Waals surface area contributed by atoms with E-state index in [2.05, 4.69) is 18.2 Å². The van der Waals surface area contributed by atoms with Gasteiger partial charge >= 0.3 is 5.97 Å². The van der Waals surface area contributed by atoms with Crippen molar-refractivity contribution in [1.29, 1.82) is 0 Å².